The van der Waals surface area contributed by atoms with Gasteiger partial charge >= 0.3 is 0 Å². The standard InChI is InChI=1S/C14H19NO/c1-4-16-10(2)12-6-5-11-7-8-14(15-3)13(11)9-12/h5-6,9,14-15H,2,4,7-8H2,1,3H3. The molecule has 2 heteroatoms. The number of benzene rings is 1. The van der Waals surface area contributed by atoms with Crippen molar-refractivity contribution in [3.8, 4) is 0 Å². The third kappa shape index (κ3) is 1.98. The predicted molar refractivity (Wildman–Crippen MR) is 67.2 cm³/mol. The molecule has 0 heterocycles. The van der Waals surface area contributed by atoms with Crippen molar-refractivity contribution in [2.75, 3.05) is 13.7 Å². The van der Waals surface area contributed by atoms with Crippen molar-refractivity contribution in [3.63, 3.8) is 0 Å². The Hall–Kier alpha value is -1.28. The Kier molecular flexibility index (Phi) is 3.30. The van der Waals surface area contributed by atoms with Crippen molar-refractivity contribution in [1.82, 2.24) is 5.32 Å². The van der Waals surface area contributed by atoms with Gasteiger partial charge in [0.1, 0.15) is 5.76 Å². The lowest BCUT2D eigenvalue weighted by atomic mass is 10.0. The summed E-state index contributed by atoms with van der Waals surface area (Å²) in [5.74, 6) is 0.770. The fourth-order valence-electron chi connectivity index (χ4n) is 2.33. The molecule has 1 atom stereocenters. The molecule has 0 saturated heterocycles. The average molecular weight is 217 g/mol. The summed E-state index contributed by atoms with van der Waals surface area (Å²) in [5, 5.41) is 3.35. The van der Waals surface area contributed by atoms with E-state index in [1.165, 1.54) is 24.0 Å². The molecule has 1 aliphatic rings. The molecule has 0 fully saturated rings. The van der Waals surface area contributed by atoms with Crippen LogP contribution in [0.2, 0.25) is 0 Å². The lowest BCUT2D eigenvalue weighted by Gasteiger charge is -2.13. The van der Waals surface area contributed by atoms with E-state index < -0.39 is 0 Å². The second-order valence-electron chi connectivity index (χ2n) is 4.15. The molecule has 2 rings (SSSR count). The Morgan fingerprint density at radius 2 is 2.38 bits per heavy atom. The van der Waals surface area contributed by atoms with Crippen molar-refractivity contribution in [1.29, 1.82) is 0 Å². The van der Waals surface area contributed by atoms with Gasteiger partial charge < -0.3 is 10.1 Å². The summed E-state index contributed by atoms with van der Waals surface area (Å²) in [4.78, 5) is 0. The zero-order valence-electron chi connectivity index (χ0n) is 10.0. The normalized spacial score (nSPS) is 18.2. The summed E-state index contributed by atoms with van der Waals surface area (Å²) in [6.45, 7) is 6.60. The summed E-state index contributed by atoms with van der Waals surface area (Å²) in [7, 11) is 2.02. The van der Waals surface area contributed by atoms with Gasteiger partial charge in [-0.3, -0.25) is 0 Å². The van der Waals surface area contributed by atoms with Crippen molar-refractivity contribution < 1.29 is 4.74 Å². The zero-order valence-corrected chi connectivity index (χ0v) is 10.0. The van der Waals surface area contributed by atoms with E-state index in [0.717, 1.165) is 11.3 Å². The number of nitrogens with one attached hydrogen (secondary N) is 1. The van der Waals surface area contributed by atoms with Gasteiger partial charge in [-0.15, -0.1) is 0 Å². The quantitative estimate of drug-likeness (QED) is 0.783. The van der Waals surface area contributed by atoms with Gasteiger partial charge in [-0.25, -0.2) is 0 Å². The van der Waals surface area contributed by atoms with Crippen LogP contribution < -0.4 is 5.32 Å². The van der Waals surface area contributed by atoms with Crippen LogP contribution in [-0.4, -0.2) is 13.7 Å². The third-order valence-corrected chi connectivity index (χ3v) is 3.21. The lowest BCUT2D eigenvalue weighted by Crippen LogP contribution is -2.12. The van der Waals surface area contributed by atoms with Crippen LogP contribution in [-0.2, 0) is 11.2 Å². The third-order valence-electron chi connectivity index (χ3n) is 3.21. The molecular formula is C14H19NO. The highest BCUT2D eigenvalue weighted by Crippen LogP contribution is 2.32. The van der Waals surface area contributed by atoms with Crippen molar-refractivity contribution in [2.45, 2.75) is 25.8 Å². The second kappa shape index (κ2) is 4.71. The minimum absolute atomic E-state index is 0.490. The van der Waals surface area contributed by atoms with Crippen molar-refractivity contribution in [2.24, 2.45) is 0 Å². The van der Waals surface area contributed by atoms with Crippen LogP contribution in [0.15, 0.2) is 24.8 Å². The average Bonchev–Trinajstić information content (AvgIpc) is 2.71. The molecule has 0 bridgehead atoms. The molecule has 1 unspecified atom stereocenters. The minimum atomic E-state index is 0.490. The zero-order chi connectivity index (χ0) is 11.5. The van der Waals surface area contributed by atoms with Crippen LogP contribution in [0.5, 0.6) is 0 Å². The Morgan fingerprint density at radius 3 is 3.06 bits per heavy atom. The van der Waals surface area contributed by atoms with E-state index in [4.69, 9.17) is 4.74 Å². The largest absolute Gasteiger partial charge is 0.494 e. The van der Waals surface area contributed by atoms with Gasteiger partial charge in [0.15, 0.2) is 0 Å². The van der Waals surface area contributed by atoms with Crippen LogP contribution >= 0.6 is 0 Å². The van der Waals surface area contributed by atoms with Gasteiger partial charge in [0.05, 0.1) is 6.61 Å². The van der Waals surface area contributed by atoms with Crippen LogP contribution in [0.3, 0.4) is 0 Å². The van der Waals surface area contributed by atoms with E-state index in [9.17, 15) is 0 Å². The molecule has 16 heavy (non-hydrogen) atoms. The monoisotopic (exact) mass is 217 g/mol. The molecule has 0 amide bonds. The van der Waals surface area contributed by atoms with E-state index in [1.54, 1.807) is 0 Å². The highest BCUT2D eigenvalue weighted by Gasteiger charge is 2.21. The van der Waals surface area contributed by atoms with Crippen LogP contribution in [0.1, 0.15) is 36.1 Å². The lowest BCUT2D eigenvalue weighted by molar-refractivity contribution is 0.299. The molecule has 0 aromatic heterocycles. The SMILES string of the molecule is C=C(OCC)c1ccc2c(c1)C(NC)CC2. The van der Waals surface area contributed by atoms with Crippen LogP contribution in [0.25, 0.3) is 5.76 Å². The molecule has 0 aliphatic heterocycles. The molecule has 0 saturated carbocycles. The Balaban J connectivity index is 2.28. The first-order valence-electron chi connectivity index (χ1n) is 5.88. The van der Waals surface area contributed by atoms with Gasteiger partial charge in [-0.05, 0) is 44.0 Å². The minimum Gasteiger partial charge on any atom is -0.494 e. The summed E-state index contributed by atoms with van der Waals surface area (Å²) >= 11 is 0. The van der Waals surface area contributed by atoms with Gasteiger partial charge in [0, 0.05) is 11.6 Å². The summed E-state index contributed by atoms with van der Waals surface area (Å²) in [6, 6.07) is 7.01. The number of rotatable bonds is 4. The molecule has 0 spiro atoms. The van der Waals surface area contributed by atoms with E-state index in [0.29, 0.717) is 12.6 Å². The smallest absolute Gasteiger partial charge is 0.119 e. The fraction of sp³-hybridized carbons (Fsp3) is 0.429. The Labute approximate surface area is 97.3 Å². The number of fused-ring (bicyclic) bond motifs is 1. The van der Waals surface area contributed by atoms with E-state index in [1.807, 2.05) is 14.0 Å². The fourth-order valence-corrected chi connectivity index (χ4v) is 2.33. The maximum Gasteiger partial charge on any atom is 0.119 e. The molecule has 86 valence electrons. The summed E-state index contributed by atoms with van der Waals surface area (Å²) in [6.07, 6.45) is 2.36. The highest BCUT2D eigenvalue weighted by molar-refractivity contribution is 5.59. The number of aryl methyl sites for hydroxylation is 1. The van der Waals surface area contributed by atoms with Gasteiger partial charge in [-0.2, -0.15) is 0 Å². The maximum absolute atomic E-state index is 5.44. The topological polar surface area (TPSA) is 21.3 Å². The van der Waals surface area contributed by atoms with Gasteiger partial charge in [-0.1, -0.05) is 18.7 Å². The van der Waals surface area contributed by atoms with E-state index in [-0.39, 0.29) is 0 Å². The highest BCUT2D eigenvalue weighted by atomic mass is 16.5. The Morgan fingerprint density at radius 1 is 1.56 bits per heavy atom. The van der Waals surface area contributed by atoms with Gasteiger partial charge in [0.25, 0.3) is 0 Å². The number of hydrogen-bond acceptors (Lipinski definition) is 2. The Bertz CT molecular complexity index is 398. The van der Waals surface area contributed by atoms with Gasteiger partial charge in [0.2, 0.25) is 0 Å². The van der Waals surface area contributed by atoms with Crippen molar-refractivity contribution in [3.05, 3.63) is 41.5 Å². The van der Waals surface area contributed by atoms with Crippen LogP contribution in [0, 0.1) is 0 Å². The van der Waals surface area contributed by atoms with Crippen molar-refractivity contribution >= 4 is 5.76 Å². The first kappa shape index (κ1) is 11.2. The predicted octanol–water partition coefficient (Wildman–Crippen LogP) is 2.90. The number of hydrogen-bond donors (Lipinski definition) is 1. The molecular weight excluding hydrogens is 198 g/mol. The molecule has 1 N–H and O–H groups in total. The maximum atomic E-state index is 5.44. The van der Waals surface area contributed by atoms with Crippen LogP contribution in [0.4, 0.5) is 0 Å². The molecule has 0 radical (unpaired) electrons. The molecule has 1 aliphatic carbocycles. The van der Waals surface area contributed by atoms with E-state index in [2.05, 4.69) is 30.1 Å². The molecule has 1 aromatic carbocycles. The number of ether oxygens (including phenoxy) is 1. The summed E-state index contributed by atoms with van der Waals surface area (Å²) < 4.78 is 5.44. The van der Waals surface area contributed by atoms with E-state index >= 15 is 0 Å². The second-order valence-corrected chi connectivity index (χ2v) is 4.15. The first-order chi connectivity index (χ1) is 7.76. The molecule has 1 aromatic rings. The first-order valence-corrected chi connectivity index (χ1v) is 5.88. The molecule has 2 nitrogen and oxygen atoms in total. The summed E-state index contributed by atoms with van der Waals surface area (Å²) in [5.41, 5.74) is 3.95.